The molecule has 0 N–H and O–H groups in total. The lowest BCUT2D eigenvalue weighted by Crippen LogP contribution is -2.09. The number of hydrogen-bond acceptors (Lipinski definition) is 4. The highest BCUT2D eigenvalue weighted by Crippen LogP contribution is 2.17. The van der Waals surface area contributed by atoms with E-state index in [9.17, 15) is 4.79 Å². The van der Waals surface area contributed by atoms with Gasteiger partial charge in [-0.3, -0.25) is 4.79 Å². The third kappa shape index (κ3) is 3.03. The van der Waals surface area contributed by atoms with Crippen molar-refractivity contribution in [1.29, 1.82) is 5.26 Å². The number of hydrogen-bond donors (Lipinski definition) is 0. The molecule has 0 saturated carbocycles. The van der Waals surface area contributed by atoms with Crippen molar-refractivity contribution in [2.24, 2.45) is 0 Å². The van der Waals surface area contributed by atoms with E-state index in [-0.39, 0.29) is 12.4 Å². The first-order valence-corrected chi connectivity index (χ1v) is 5.17. The van der Waals surface area contributed by atoms with E-state index in [1.54, 1.807) is 19.2 Å². The van der Waals surface area contributed by atoms with Gasteiger partial charge in [-0.05, 0) is 34.5 Å². The summed E-state index contributed by atoms with van der Waals surface area (Å²) in [6, 6.07) is 3.63. The Hall–Kier alpha value is -1.41. The number of carbonyl (C=O) groups excluding carboxylic acids is 1. The van der Waals surface area contributed by atoms with Crippen molar-refractivity contribution in [3.05, 3.63) is 28.0 Å². The molecule has 0 amide bonds. The van der Waals surface area contributed by atoms with Crippen LogP contribution in [0.2, 0.25) is 0 Å². The topological polar surface area (TPSA) is 63.0 Å². The highest BCUT2D eigenvalue weighted by molar-refractivity contribution is 9.10. The van der Waals surface area contributed by atoms with Crippen LogP contribution in [0.25, 0.3) is 0 Å². The summed E-state index contributed by atoms with van der Waals surface area (Å²) in [5, 5.41) is 8.87. The fourth-order valence-corrected chi connectivity index (χ4v) is 1.57. The van der Waals surface area contributed by atoms with Crippen LogP contribution in [0, 0.1) is 11.3 Å². The van der Waals surface area contributed by atoms with Crippen molar-refractivity contribution in [3.8, 4) is 6.07 Å². The summed E-state index contributed by atoms with van der Waals surface area (Å²) in [5.74, 6) is -0.341. The zero-order valence-corrected chi connectivity index (χ0v) is 9.74. The van der Waals surface area contributed by atoms with Crippen LogP contribution in [-0.2, 0) is 16.0 Å². The largest absolute Gasteiger partial charge is 0.466 e. The van der Waals surface area contributed by atoms with E-state index in [0.717, 1.165) is 0 Å². The summed E-state index contributed by atoms with van der Waals surface area (Å²) in [7, 11) is 0. The number of esters is 1. The van der Waals surface area contributed by atoms with Crippen LogP contribution in [0.5, 0.6) is 0 Å². The third-order valence-electron chi connectivity index (χ3n) is 1.74. The fourth-order valence-electron chi connectivity index (χ4n) is 1.11. The van der Waals surface area contributed by atoms with E-state index < -0.39 is 0 Å². The van der Waals surface area contributed by atoms with Gasteiger partial charge in [-0.15, -0.1) is 0 Å². The Bertz CT molecular complexity index is 412. The molecule has 0 spiro atoms. The molecule has 5 heteroatoms. The maximum atomic E-state index is 11.2. The minimum Gasteiger partial charge on any atom is -0.466 e. The Labute approximate surface area is 96.0 Å². The minimum absolute atomic E-state index is 0.0951. The Morgan fingerprint density at radius 1 is 1.73 bits per heavy atom. The summed E-state index contributed by atoms with van der Waals surface area (Å²) >= 11 is 3.15. The average Bonchev–Trinajstić information content (AvgIpc) is 2.18. The smallest absolute Gasteiger partial charge is 0.310 e. The van der Waals surface area contributed by atoms with Crippen LogP contribution in [0.1, 0.15) is 18.1 Å². The standard InChI is InChI=1S/C10H9BrN2O2/c1-2-15-9(14)5-7-3-4-13-10(11)8(7)6-12/h3-4H,2,5H2,1H3. The molecule has 0 aliphatic carbocycles. The molecule has 15 heavy (non-hydrogen) atoms. The predicted octanol–water partition coefficient (Wildman–Crippen LogP) is 1.82. The van der Waals surface area contributed by atoms with E-state index in [0.29, 0.717) is 22.3 Å². The van der Waals surface area contributed by atoms with Gasteiger partial charge in [-0.1, -0.05) is 0 Å². The summed E-state index contributed by atoms with van der Waals surface area (Å²) in [5.41, 5.74) is 1.00. The van der Waals surface area contributed by atoms with Gasteiger partial charge in [0.25, 0.3) is 0 Å². The van der Waals surface area contributed by atoms with Gasteiger partial charge in [0.1, 0.15) is 10.7 Å². The van der Waals surface area contributed by atoms with Crippen molar-refractivity contribution in [3.63, 3.8) is 0 Å². The Kier molecular flexibility index (Phi) is 4.25. The molecule has 0 atom stereocenters. The van der Waals surface area contributed by atoms with Crippen molar-refractivity contribution >= 4 is 21.9 Å². The van der Waals surface area contributed by atoms with Gasteiger partial charge >= 0.3 is 5.97 Å². The molecule has 1 rings (SSSR count). The molecule has 0 radical (unpaired) electrons. The molecule has 4 nitrogen and oxygen atoms in total. The zero-order chi connectivity index (χ0) is 11.3. The molecule has 1 heterocycles. The van der Waals surface area contributed by atoms with Crippen molar-refractivity contribution in [2.75, 3.05) is 6.61 Å². The summed E-state index contributed by atoms with van der Waals surface area (Å²) in [6.07, 6.45) is 1.64. The highest BCUT2D eigenvalue weighted by Gasteiger charge is 2.11. The highest BCUT2D eigenvalue weighted by atomic mass is 79.9. The van der Waals surface area contributed by atoms with E-state index in [1.165, 1.54) is 0 Å². The molecule has 0 aromatic carbocycles. The van der Waals surface area contributed by atoms with E-state index >= 15 is 0 Å². The van der Waals surface area contributed by atoms with Crippen LogP contribution in [-0.4, -0.2) is 17.6 Å². The number of rotatable bonds is 3. The second-order valence-electron chi connectivity index (χ2n) is 2.73. The lowest BCUT2D eigenvalue weighted by atomic mass is 10.1. The first kappa shape index (κ1) is 11.7. The molecule has 0 bridgehead atoms. The lowest BCUT2D eigenvalue weighted by Gasteiger charge is -2.04. The molecule has 0 saturated heterocycles. The van der Waals surface area contributed by atoms with E-state index in [4.69, 9.17) is 10.00 Å². The molecule has 0 aliphatic heterocycles. The van der Waals surface area contributed by atoms with Crippen LogP contribution < -0.4 is 0 Å². The lowest BCUT2D eigenvalue weighted by molar-refractivity contribution is -0.142. The quantitative estimate of drug-likeness (QED) is 0.620. The number of nitrogens with zero attached hydrogens (tertiary/aromatic N) is 2. The summed E-state index contributed by atoms with van der Waals surface area (Å²) in [6.45, 7) is 2.08. The first-order valence-electron chi connectivity index (χ1n) is 4.38. The second-order valence-corrected chi connectivity index (χ2v) is 3.48. The number of nitriles is 1. The van der Waals surface area contributed by atoms with Crippen LogP contribution >= 0.6 is 15.9 Å². The Balaban J connectivity index is 2.91. The summed E-state index contributed by atoms with van der Waals surface area (Å²) < 4.78 is 5.25. The minimum atomic E-state index is -0.341. The number of carbonyl (C=O) groups is 1. The molecule has 1 aromatic rings. The monoisotopic (exact) mass is 268 g/mol. The number of aromatic nitrogens is 1. The van der Waals surface area contributed by atoms with Crippen LogP contribution in [0.15, 0.2) is 16.9 Å². The van der Waals surface area contributed by atoms with Crippen molar-refractivity contribution < 1.29 is 9.53 Å². The van der Waals surface area contributed by atoms with E-state index in [2.05, 4.69) is 20.9 Å². The SMILES string of the molecule is CCOC(=O)Cc1ccnc(Br)c1C#N. The molecule has 0 fully saturated rings. The van der Waals surface area contributed by atoms with Crippen LogP contribution in [0.4, 0.5) is 0 Å². The van der Waals surface area contributed by atoms with Gasteiger partial charge < -0.3 is 4.74 Å². The zero-order valence-electron chi connectivity index (χ0n) is 8.16. The molecule has 78 valence electrons. The maximum Gasteiger partial charge on any atom is 0.310 e. The van der Waals surface area contributed by atoms with Gasteiger partial charge in [0.2, 0.25) is 0 Å². The van der Waals surface area contributed by atoms with Gasteiger partial charge in [0, 0.05) is 6.20 Å². The molecular formula is C10H9BrN2O2. The van der Waals surface area contributed by atoms with Crippen molar-refractivity contribution in [1.82, 2.24) is 4.98 Å². The van der Waals surface area contributed by atoms with Gasteiger partial charge in [-0.2, -0.15) is 5.26 Å². The van der Waals surface area contributed by atoms with E-state index in [1.807, 2.05) is 6.07 Å². The average molecular weight is 269 g/mol. The maximum absolute atomic E-state index is 11.2. The number of ether oxygens (including phenoxy) is 1. The normalized spacial score (nSPS) is 9.40. The van der Waals surface area contributed by atoms with Gasteiger partial charge in [0.15, 0.2) is 0 Å². The number of halogens is 1. The van der Waals surface area contributed by atoms with Gasteiger partial charge in [-0.25, -0.2) is 4.98 Å². The first-order chi connectivity index (χ1) is 7.19. The molecule has 1 aromatic heterocycles. The molecular weight excluding hydrogens is 260 g/mol. The Morgan fingerprint density at radius 3 is 3.07 bits per heavy atom. The Morgan fingerprint density at radius 2 is 2.47 bits per heavy atom. The predicted molar refractivity (Wildman–Crippen MR) is 57.0 cm³/mol. The number of pyridine rings is 1. The molecule has 0 unspecified atom stereocenters. The second kappa shape index (κ2) is 5.47. The fraction of sp³-hybridized carbons (Fsp3) is 0.300. The van der Waals surface area contributed by atoms with Crippen molar-refractivity contribution in [2.45, 2.75) is 13.3 Å². The molecule has 0 aliphatic rings. The van der Waals surface area contributed by atoms with Gasteiger partial charge in [0.05, 0.1) is 18.6 Å². The van der Waals surface area contributed by atoms with Crippen LogP contribution in [0.3, 0.4) is 0 Å². The third-order valence-corrected chi connectivity index (χ3v) is 2.34. The summed E-state index contributed by atoms with van der Waals surface area (Å²) in [4.78, 5) is 15.1.